The molecule has 0 fully saturated rings. The monoisotopic (exact) mass is 376 g/mol. The van der Waals surface area contributed by atoms with E-state index in [4.69, 9.17) is 11.6 Å². The van der Waals surface area contributed by atoms with Crippen molar-refractivity contribution in [1.82, 2.24) is 14.8 Å². The van der Waals surface area contributed by atoms with Crippen LogP contribution in [0.2, 0.25) is 5.02 Å². The molecule has 2 heterocycles. The summed E-state index contributed by atoms with van der Waals surface area (Å²) in [5, 5.41) is 6.92. The predicted molar refractivity (Wildman–Crippen MR) is 93.9 cm³/mol. The smallest absolute Gasteiger partial charge is 0.258 e. The van der Waals surface area contributed by atoms with Crippen molar-refractivity contribution in [3.05, 3.63) is 65.6 Å². The highest BCUT2D eigenvalue weighted by Gasteiger charge is 2.14. The summed E-state index contributed by atoms with van der Waals surface area (Å²) in [6.07, 6.45) is 5.61. The van der Waals surface area contributed by atoms with Crippen molar-refractivity contribution >= 4 is 33.0 Å². The lowest BCUT2D eigenvalue weighted by Gasteiger charge is -2.07. The number of pyridine rings is 1. The first kappa shape index (κ1) is 17.1. The van der Waals surface area contributed by atoms with Crippen LogP contribution in [-0.2, 0) is 9.84 Å². The molecule has 2 aromatic heterocycles. The number of rotatable bonds is 4. The van der Waals surface area contributed by atoms with Crippen LogP contribution in [0.1, 0.15) is 10.4 Å². The highest BCUT2D eigenvalue weighted by Crippen LogP contribution is 2.23. The number of hydrogen-bond acceptors (Lipinski definition) is 5. The van der Waals surface area contributed by atoms with Crippen molar-refractivity contribution in [2.24, 2.45) is 0 Å². The SMILES string of the molecule is CS(=O)(=O)c1cc(Cl)cc(NC(=O)c2cnn(-c3ccccn3)c2)c1. The maximum atomic E-state index is 12.4. The fourth-order valence-electron chi connectivity index (χ4n) is 2.11. The second kappa shape index (κ2) is 6.66. The Labute approximate surface area is 149 Å². The van der Waals surface area contributed by atoms with Gasteiger partial charge in [0, 0.05) is 29.4 Å². The zero-order valence-corrected chi connectivity index (χ0v) is 14.6. The molecule has 0 saturated heterocycles. The van der Waals surface area contributed by atoms with E-state index in [-0.39, 0.29) is 15.6 Å². The molecule has 1 amide bonds. The van der Waals surface area contributed by atoms with Crippen LogP contribution in [0.5, 0.6) is 0 Å². The lowest BCUT2D eigenvalue weighted by atomic mass is 10.3. The Balaban J connectivity index is 1.84. The van der Waals surface area contributed by atoms with E-state index in [0.29, 0.717) is 11.4 Å². The summed E-state index contributed by atoms with van der Waals surface area (Å²) in [6.45, 7) is 0. The van der Waals surface area contributed by atoms with Gasteiger partial charge in [0.2, 0.25) is 0 Å². The molecule has 9 heteroatoms. The second-order valence-electron chi connectivity index (χ2n) is 5.26. The van der Waals surface area contributed by atoms with Crippen LogP contribution >= 0.6 is 11.6 Å². The minimum absolute atomic E-state index is 0.0273. The van der Waals surface area contributed by atoms with Crippen LogP contribution in [-0.4, -0.2) is 35.3 Å². The van der Waals surface area contributed by atoms with Gasteiger partial charge in [-0.15, -0.1) is 0 Å². The zero-order chi connectivity index (χ0) is 18.0. The van der Waals surface area contributed by atoms with E-state index in [2.05, 4.69) is 15.4 Å². The van der Waals surface area contributed by atoms with Gasteiger partial charge in [0.1, 0.15) is 0 Å². The summed E-state index contributed by atoms with van der Waals surface area (Å²) in [5.41, 5.74) is 0.579. The van der Waals surface area contributed by atoms with Crippen molar-refractivity contribution in [1.29, 1.82) is 0 Å². The van der Waals surface area contributed by atoms with E-state index < -0.39 is 15.7 Å². The third kappa shape index (κ3) is 4.04. The van der Waals surface area contributed by atoms with Crippen LogP contribution in [0.3, 0.4) is 0 Å². The Kier molecular flexibility index (Phi) is 4.56. The van der Waals surface area contributed by atoms with Crippen molar-refractivity contribution < 1.29 is 13.2 Å². The maximum absolute atomic E-state index is 12.4. The minimum Gasteiger partial charge on any atom is -0.322 e. The summed E-state index contributed by atoms with van der Waals surface area (Å²) in [7, 11) is -3.44. The molecule has 0 radical (unpaired) electrons. The van der Waals surface area contributed by atoms with Gasteiger partial charge in [-0.3, -0.25) is 4.79 Å². The molecule has 0 aliphatic rings. The highest BCUT2D eigenvalue weighted by molar-refractivity contribution is 7.90. The topological polar surface area (TPSA) is 94.0 Å². The van der Waals surface area contributed by atoms with Crippen LogP contribution in [0.25, 0.3) is 5.82 Å². The van der Waals surface area contributed by atoms with Gasteiger partial charge in [0.15, 0.2) is 15.7 Å². The average Bonchev–Trinajstić information content (AvgIpc) is 3.04. The summed E-state index contributed by atoms with van der Waals surface area (Å²) < 4.78 is 24.8. The van der Waals surface area contributed by atoms with Gasteiger partial charge < -0.3 is 5.32 Å². The second-order valence-corrected chi connectivity index (χ2v) is 7.72. The number of carbonyl (C=O) groups excluding carboxylic acids is 1. The van der Waals surface area contributed by atoms with Crippen LogP contribution in [0, 0.1) is 0 Å². The number of hydrogen-bond donors (Lipinski definition) is 1. The standard InChI is InChI=1S/C16H13ClN4O3S/c1-25(23,24)14-7-12(17)6-13(8-14)20-16(22)11-9-19-21(10-11)15-4-2-3-5-18-15/h2-10H,1H3,(H,20,22). The molecular formula is C16H13ClN4O3S. The van der Waals surface area contributed by atoms with Gasteiger partial charge in [0.25, 0.3) is 5.91 Å². The molecule has 1 N–H and O–H groups in total. The number of anilines is 1. The third-order valence-electron chi connectivity index (χ3n) is 3.29. The molecule has 3 aromatic rings. The van der Waals surface area contributed by atoms with Gasteiger partial charge in [-0.05, 0) is 30.3 Å². The number of amides is 1. The molecule has 128 valence electrons. The minimum atomic E-state index is -3.44. The largest absolute Gasteiger partial charge is 0.322 e. The predicted octanol–water partition coefficient (Wildman–Crippen LogP) is 2.58. The summed E-state index contributed by atoms with van der Waals surface area (Å²) in [6, 6.07) is 9.48. The van der Waals surface area contributed by atoms with Gasteiger partial charge in [0.05, 0.1) is 16.7 Å². The quantitative estimate of drug-likeness (QED) is 0.755. The number of benzene rings is 1. The average molecular weight is 377 g/mol. The van der Waals surface area contributed by atoms with E-state index >= 15 is 0 Å². The van der Waals surface area contributed by atoms with Crippen LogP contribution in [0.15, 0.2) is 59.9 Å². The summed E-state index contributed by atoms with van der Waals surface area (Å²) >= 11 is 5.93. The van der Waals surface area contributed by atoms with Crippen LogP contribution < -0.4 is 5.32 Å². The van der Waals surface area contributed by atoms with Crippen LogP contribution in [0.4, 0.5) is 5.69 Å². The van der Waals surface area contributed by atoms with Crippen molar-refractivity contribution in [2.75, 3.05) is 11.6 Å². The van der Waals surface area contributed by atoms with E-state index in [1.165, 1.54) is 35.3 Å². The van der Waals surface area contributed by atoms with Crippen molar-refractivity contribution in [3.8, 4) is 5.82 Å². The molecule has 0 atom stereocenters. The normalized spacial score (nSPS) is 11.3. The fourth-order valence-corrected chi connectivity index (χ4v) is 3.09. The number of nitrogens with one attached hydrogen (secondary N) is 1. The molecule has 0 bridgehead atoms. The molecule has 0 unspecified atom stereocenters. The number of halogens is 1. The highest BCUT2D eigenvalue weighted by atomic mass is 35.5. The molecule has 3 rings (SSSR count). The van der Waals surface area contributed by atoms with E-state index in [0.717, 1.165) is 6.26 Å². The Morgan fingerprint density at radius 2 is 2.04 bits per heavy atom. The number of sulfone groups is 1. The van der Waals surface area contributed by atoms with Gasteiger partial charge >= 0.3 is 0 Å². The van der Waals surface area contributed by atoms with Gasteiger partial charge in [-0.2, -0.15) is 5.10 Å². The molecule has 25 heavy (non-hydrogen) atoms. The first-order valence-electron chi connectivity index (χ1n) is 7.11. The van der Waals surface area contributed by atoms with Gasteiger partial charge in [-0.1, -0.05) is 17.7 Å². The zero-order valence-electron chi connectivity index (χ0n) is 13.0. The molecule has 0 spiro atoms. The first-order valence-corrected chi connectivity index (χ1v) is 9.38. The Morgan fingerprint density at radius 3 is 2.72 bits per heavy atom. The molecule has 1 aromatic carbocycles. The number of nitrogens with zero attached hydrogens (tertiary/aromatic N) is 3. The summed E-state index contributed by atoms with van der Waals surface area (Å²) in [4.78, 5) is 16.5. The lowest BCUT2D eigenvalue weighted by molar-refractivity contribution is 0.102. The summed E-state index contributed by atoms with van der Waals surface area (Å²) in [5.74, 6) is 0.132. The maximum Gasteiger partial charge on any atom is 0.258 e. The van der Waals surface area contributed by atoms with E-state index in [9.17, 15) is 13.2 Å². The fraction of sp³-hybridized carbons (Fsp3) is 0.0625. The molecule has 0 aliphatic carbocycles. The lowest BCUT2D eigenvalue weighted by Crippen LogP contribution is -2.12. The van der Waals surface area contributed by atoms with Gasteiger partial charge in [-0.25, -0.2) is 18.1 Å². The third-order valence-corrected chi connectivity index (χ3v) is 4.60. The Hall–Kier alpha value is -2.71. The molecule has 7 nitrogen and oxygen atoms in total. The van der Waals surface area contributed by atoms with E-state index in [1.807, 2.05) is 6.07 Å². The number of aromatic nitrogens is 3. The molecular weight excluding hydrogens is 364 g/mol. The van der Waals surface area contributed by atoms with Crippen molar-refractivity contribution in [3.63, 3.8) is 0 Å². The first-order chi connectivity index (χ1) is 11.8. The molecule has 0 saturated carbocycles. The Morgan fingerprint density at radius 1 is 1.24 bits per heavy atom. The Bertz CT molecular complexity index is 1030. The van der Waals surface area contributed by atoms with E-state index in [1.54, 1.807) is 18.3 Å². The number of carbonyl (C=O) groups is 1. The van der Waals surface area contributed by atoms with Crippen molar-refractivity contribution in [2.45, 2.75) is 4.90 Å². The molecule has 0 aliphatic heterocycles.